The maximum Gasteiger partial charge on any atom is 0.172 e. The highest BCUT2D eigenvalue weighted by Crippen LogP contribution is 2.25. The number of halogens is 1. The maximum atomic E-state index is 12.3. The van der Waals surface area contributed by atoms with Crippen molar-refractivity contribution in [1.82, 2.24) is 9.97 Å². The molecule has 7 nitrogen and oxygen atoms in total. The molecule has 3 rings (SSSR count). The molecule has 0 spiro atoms. The van der Waals surface area contributed by atoms with Gasteiger partial charge in [0, 0.05) is 5.90 Å². The van der Waals surface area contributed by atoms with Crippen molar-refractivity contribution in [2.45, 2.75) is 19.3 Å². The van der Waals surface area contributed by atoms with Crippen LogP contribution in [-0.2, 0) is 6.42 Å². The van der Waals surface area contributed by atoms with Crippen LogP contribution in [-0.4, -0.2) is 53.6 Å². The van der Waals surface area contributed by atoms with Crippen LogP contribution in [0.2, 0.25) is 5.15 Å². The lowest BCUT2D eigenvalue weighted by Gasteiger charge is -2.40. The topological polar surface area (TPSA) is 113 Å². The molecule has 0 saturated carbocycles. The van der Waals surface area contributed by atoms with Gasteiger partial charge in [0.25, 0.3) is 0 Å². The van der Waals surface area contributed by atoms with Gasteiger partial charge in [0.05, 0.1) is 33.2 Å². The van der Waals surface area contributed by atoms with E-state index in [9.17, 15) is 5.11 Å². The van der Waals surface area contributed by atoms with E-state index in [1.165, 1.54) is 18.4 Å². The molecule has 28 heavy (non-hydrogen) atoms. The average molecular weight is 403 g/mol. The van der Waals surface area contributed by atoms with Crippen LogP contribution in [0, 0.1) is 5.92 Å². The average Bonchev–Trinajstić information content (AvgIpc) is 2.67. The van der Waals surface area contributed by atoms with Gasteiger partial charge < -0.3 is 21.1 Å². The fraction of sp³-hybridized carbons (Fsp3) is 0.450. The zero-order chi connectivity index (χ0) is 20.1. The first-order valence-corrected chi connectivity index (χ1v) is 9.92. The SMILES string of the molecule is C[N+]1(CCN=C([O-])c2nc(Cl)c(N)nc2N)CCC(Cc2ccccc2)CC1. The Morgan fingerprint density at radius 3 is 2.54 bits per heavy atom. The second-order valence-corrected chi connectivity index (χ2v) is 8.10. The van der Waals surface area contributed by atoms with Crippen molar-refractivity contribution >= 4 is 29.1 Å². The molecule has 1 fully saturated rings. The van der Waals surface area contributed by atoms with Gasteiger partial charge in [-0.25, -0.2) is 9.97 Å². The number of nitrogens with two attached hydrogens (primary N) is 2. The lowest BCUT2D eigenvalue weighted by molar-refractivity contribution is -0.913. The zero-order valence-electron chi connectivity index (χ0n) is 16.1. The first-order chi connectivity index (χ1) is 13.4. The zero-order valence-corrected chi connectivity index (χ0v) is 16.9. The largest absolute Gasteiger partial charge is 0.857 e. The van der Waals surface area contributed by atoms with E-state index in [-0.39, 0.29) is 22.5 Å². The van der Waals surface area contributed by atoms with E-state index in [1.807, 2.05) is 0 Å². The number of anilines is 2. The molecule has 0 unspecified atom stereocenters. The minimum atomic E-state index is -0.502. The quantitative estimate of drug-likeness (QED) is 0.432. The number of hydrogen-bond acceptors (Lipinski definition) is 6. The van der Waals surface area contributed by atoms with Crippen molar-refractivity contribution in [3.8, 4) is 0 Å². The molecule has 1 aromatic carbocycles. The van der Waals surface area contributed by atoms with Gasteiger partial charge in [-0.1, -0.05) is 41.9 Å². The lowest BCUT2D eigenvalue weighted by atomic mass is 9.89. The summed E-state index contributed by atoms with van der Waals surface area (Å²) in [6, 6.07) is 10.7. The summed E-state index contributed by atoms with van der Waals surface area (Å²) in [7, 11) is 2.23. The van der Waals surface area contributed by atoms with Gasteiger partial charge in [-0.05, 0) is 30.7 Å². The van der Waals surface area contributed by atoms with Gasteiger partial charge in [0.15, 0.2) is 16.8 Å². The third-order valence-electron chi connectivity index (χ3n) is 5.52. The van der Waals surface area contributed by atoms with Crippen LogP contribution >= 0.6 is 11.6 Å². The van der Waals surface area contributed by atoms with E-state index in [2.05, 4.69) is 52.3 Å². The Morgan fingerprint density at radius 1 is 1.18 bits per heavy atom. The summed E-state index contributed by atoms with van der Waals surface area (Å²) in [4.78, 5) is 11.8. The lowest BCUT2D eigenvalue weighted by Crippen LogP contribution is -2.51. The fourth-order valence-electron chi connectivity index (χ4n) is 3.69. The van der Waals surface area contributed by atoms with E-state index < -0.39 is 5.90 Å². The van der Waals surface area contributed by atoms with Gasteiger partial charge in [0.2, 0.25) is 0 Å². The van der Waals surface area contributed by atoms with E-state index in [0.29, 0.717) is 6.54 Å². The normalized spacial score (nSPS) is 22.9. The van der Waals surface area contributed by atoms with Crippen LogP contribution in [0.15, 0.2) is 35.3 Å². The highest BCUT2D eigenvalue weighted by atomic mass is 35.5. The van der Waals surface area contributed by atoms with Gasteiger partial charge in [0.1, 0.15) is 5.69 Å². The Morgan fingerprint density at radius 2 is 1.86 bits per heavy atom. The monoisotopic (exact) mass is 402 g/mol. The van der Waals surface area contributed by atoms with Crippen molar-refractivity contribution in [2.75, 3.05) is 44.7 Å². The molecular weight excluding hydrogens is 376 g/mol. The summed E-state index contributed by atoms with van der Waals surface area (Å²) in [6.45, 7) is 3.41. The number of likely N-dealkylation sites (tertiary alicyclic amines) is 1. The number of nitrogen functional groups attached to an aromatic ring is 2. The highest BCUT2D eigenvalue weighted by molar-refractivity contribution is 6.31. The first-order valence-electron chi connectivity index (χ1n) is 9.54. The number of aliphatic imine (C=N–C) groups is 1. The number of quaternary nitrogens is 1. The molecule has 0 amide bonds. The Kier molecular flexibility index (Phi) is 6.36. The van der Waals surface area contributed by atoms with Crippen LogP contribution in [0.1, 0.15) is 24.1 Å². The number of benzene rings is 1. The molecule has 1 aromatic heterocycles. The molecular formula is C20H27ClN6O. The second kappa shape index (κ2) is 8.75. The second-order valence-electron chi connectivity index (χ2n) is 7.74. The Labute approximate surface area is 170 Å². The summed E-state index contributed by atoms with van der Waals surface area (Å²) < 4.78 is 0.922. The highest BCUT2D eigenvalue weighted by Gasteiger charge is 2.29. The summed E-state index contributed by atoms with van der Waals surface area (Å²) >= 11 is 5.83. The molecule has 0 atom stereocenters. The van der Waals surface area contributed by atoms with Crippen LogP contribution < -0.4 is 16.6 Å². The third kappa shape index (κ3) is 5.11. The van der Waals surface area contributed by atoms with Crippen molar-refractivity contribution in [3.63, 3.8) is 0 Å². The standard InChI is InChI=1S/C20H27ClN6O/c1-27(10-7-15(8-11-27)13-14-5-3-2-4-6-14)12-9-24-20(28)16-18(22)26-19(23)17(21)25-16/h2-6,15H,7-13H2,1H3,(H4-,22,23,24,26,28). The molecule has 0 bridgehead atoms. The third-order valence-corrected chi connectivity index (χ3v) is 5.80. The number of rotatable bonds is 6. The molecule has 1 saturated heterocycles. The molecule has 8 heteroatoms. The van der Waals surface area contributed by atoms with Crippen molar-refractivity contribution < 1.29 is 9.59 Å². The Balaban J connectivity index is 1.52. The van der Waals surface area contributed by atoms with Gasteiger partial charge in [-0.2, -0.15) is 0 Å². The molecule has 2 heterocycles. The maximum absolute atomic E-state index is 12.3. The number of hydrogen-bond donors (Lipinski definition) is 2. The summed E-state index contributed by atoms with van der Waals surface area (Å²) in [6.07, 6.45) is 3.51. The Hall–Kier alpha value is -2.38. The predicted molar refractivity (Wildman–Crippen MR) is 111 cm³/mol. The summed E-state index contributed by atoms with van der Waals surface area (Å²) in [5.41, 5.74) is 12.6. The van der Waals surface area contributed by atoms with E-state index in [0.717, 1.165) is 36.5 Å². The fourth-order valence-corrected chi connectivity index (χ4v) is 3.81. The van der Waals surface area contributed by atoms with Gasteiger partial charge in [-0.3, -0.25) is 4.99 Å². The van der Waals surface area contributed by atoms with Gasteiger partial charge >= 0.3 is 0 Å². The first kappa shape index (κ1) is 20.4. The molecule has 0 radical (unpaired) electrons. The molecule has 150 valence electrons. The predicted octanol–water partition coefficient (Wildman–Crippen LogP) is 1.50. The molecule has 0 aliphatic carbocycles. The Bertz CT molecular complexity index is 834. The molecule has 1 aliphatic heterocycles. The number of nitrogens with zero attached hydrogens (tertiary/aromatic N) is 4. The van der Waals surface area contributed by atoms with Crippen LogP contribution in [0.4, 0.5) is 11.6 Å². The van der Waals surface area contributed by atoms with E-state index in [4.69, 9.17) is 23.1 Å². The minimum absolute atomic E-state index is 0.00663. The van der Waals surface area contributed by atoms with Gasteiger partial charge in [-0.15, -0.1) is 0 Å². The van der Waals surface area contributed by atoms with E-state index in [1.54, 1.807) is 0 Å². The van der Waals surface area contributed by atoms with E-state index >= 15 is 0 Å². The number of aromatic nitrogens is 2. The van der Waals surface area contributed by atoms with Crippen LogP contribution in [0.25, 0.3) is 0 Å². The van der Waals surface area contributed by atoms with Crippen molar-refractivity contribution in [3.05, 3.63) is 46.7 Å². The number of likely N-dealkylation sites (N-methyl/N-ethyl adjacent to an activating group) is 1. The van der Waals surface area contributed by atoms with Crippen LogP contribution in [0.3, 0.4) is 0 Å². The molecule has 4 N–H and O–H groups in total. The molecule has 1 aliphatic rings. The minimum Gasteiger partial charge on any atom is -0.857 e. The smallest absolute Gasteiger partial charge is 0.172 e. The van der Waals surface area contributed by atoms with Crippen LogP contribution in [0.5, 0.6) is 0 Å². The summed E-state index contributed by atoms with van der Waals surface area (Å²) in [5.74, 6) is 0.182. The summed E-state index contributed by atoms with van der Waals surface area (Å²) in [5, 5.41) is 12.2. The van der Waals surface area contributed by atoms with Crippen molar-refractivity contribution in [2.24, 2.45) is 10.9 Å². The number of piperidine rings is 1. The molecule has 2 aromatic rings. The van der Waals surface area contributed by atoms with Crippen molar-refractivity contribution in [1.29, 1.82) is 0 Å².